The van der Waals surface area contributed by atoms with Gasteiger partial charge < -0.3 is 4.57 Å². The quantitative estimate of drug-likeness (QED) is 0.762. The van der Waals surface area contributed by atoms with Crippen LogP contribution in [-0.2, 0) is 10.0 Å². The van der Waals surface area contributed by atoms with E-state index in [0.717, 1.165) is 0 Å². The molecule has 0 saturated carbocycles. The summed E-state index contributed by atoms with van der Waals surface area (Å²) in [5.74, 6) is -0.441. The fraction of sp³-hybridized carbons (Fsp3) is 0.0588. The van der Waals surface area contributed by atoms with Gasteiger partial charge in [0.2, 0.25) is 10.0 Å². The highest BCUT2D eigenvalue weighted by atomic mass is 32.2. The number of hydrogen-bond donors (Lipinski definition) is 1. The highest BCUT2D eigenvalue weighted by Crippen LogP contribution is 2.31. The SMILES string of the molecule is NS(=O)(=O)c1ccc(-c2cc(C(F)F)cn2-c2ccc(F)cc2)cc1. The average molecular weight is 366 g/mol. The van der Waals surface area contributed by atoms with Gasteiger partial charge in [0.05, 0.1) is 10.6 Å². The Morgan fingerprint density at radius 1 is 0.960 bits per heavy atom. The first-order valence-electron chi connectivity index (χ1n) is 7.15. The number of hydrogen-bond acceptors (Lipinski definition) is 2. The van der Waals surface area contributed by atoms with Crippen LogP contribution in [0.1, 0.15) is 12.0 Å². The second kappa shape index (κ2) is 6.38. The molecule has 0 bridgehead atoms. The Balaban J connectivity index is 2.13. The lowest BCUT2D eigenvalue weighted by Gasteiger charge is -2.10. The normalized spacial score (nSPS) is 11.9. The van der Waals surface area contributed by atoms with Gasteiger partial charge in [0.15, 0.2) is 0 Å². The molecular formula is C17H13F3N2O2S. The summed E-state index contributed by atoms with van der Waals surface area (Å²) in [5.41, 5.74) is 1.24. The van der Waals surface area contributed by atoms with Gasteiger partial charge in [-0.15, -0.1) is 0 Å². The zero-order chi connectivity index (χ0) is 18.2. The third-order valence-corrected chi connectivity index (χ3v) is 4.61. The van der Waals surface area contributed by atoms with Crippen LogP contribution in [0.2, 0.25) is 0 Å². The van der Waals surface area contributed by atoms with E-state index in [1.165, 1.54) is 65.4 Å². The molecule has 25 heavy (non-hydrogen) atoms. The summed E-state index contributed by atoms with van der Waals surface area (Å²) in [6, 6.07) is 12.2. The van der Waals surface area contributed by atoms with Crippen molar-refractivity contribution in [2.75, 3.05) is 0 Å². The van der Waals surface area contributed by atoms with Gasteiger partial charge in [-0.05, 0) is 48.0 Å². The minimum absolute atomic E-state index is 0.0785. The van der Waals surface area contributed by atoms with Gasteiger partial charge in [-0.2, -0.15) is 0 Å². The summed E-state index contributed by atoms with van der Waals surface area (Å²) in [6.45, 7) is 0. The maximum absolute atomic E-state index is 13.1. The second-order valence-electron chi connectivity index (χ2n) is 5.38. The van der Waals surface area contributed by atoms with Crippen molar-refractivity contribution in [2.24, 2.45) is 5.14 Å². The van der Waals surface area contributed by atoms with Crippen molar-refractivity contribution in [3.05, 3.63) is 72.2 Å². The molecule has 0 aliphatic carbocycles. The van der Waals surface area contributed by atoms with E-state index < -0.39 is 22.3 Å². The summed E-state index contributed by atoms with van der Waals surface area (Å²) in [6.07, 6.45) is -1.41. The summed E-state index contributed by atoms with van der Waals surface area (Å²) < 4.78 is 63.5. The number of nitrogens with two attached hydrogens (primary N) is 1. The van der Waals surface area contributed by atoms with Crippen LogP contribution in [0.4, 0.5) is 13.2 Å². The molecule has 0 atom stereocenters. The topological polar surface area (TPSA) is 65.1 Å². The van der Waals surface area contributed by atoms with Crippen LogP contribution in [-0.4, -0.2) is 13.0 Å². The molecule has 0 spiro atoms. The molecule has 3 aromatic rings. The first kappa shape index (κ1) is 17.2. The van der Waals surface area contributed by atoms with Crippen molar-refractivity contribution in [1.82, 2.24) is 4.57 Å². The standard InChI is InChI=1S/C17H13F3N2O2S/c18-13-3-5-14(6-4-13)22-10-12(17(19)20)9-16(22)11-1-7-15(8-2-11)25(21,23)24/h1-10,17H,(H2,21,23,24). The minimum Gasteiger partial charge on any atom is -0.316 e. The molecule has 0 fully saturated rings. The van der Waals surface area contributed by atoms with Crippen LogP contribution >= 0.6 is 0 Å². The van der Waals surface area contributed by atoms with Gasteiger partial charge in [-0.3, -0.25) is 0 Å². The molecule has 0 amide bonds. The van der Waals surface area contributed by atoms with Crippen molar-refractivity contribution in [3.8, 4) is 16.9 Å². The maximum Gasteiger partial charge on any atom is 0.265 e. The van der Waals surface area contributed by atoms with Crippen molar-refractivity contribution in [2.45, 2.75) is 11.3 Å². The van der Waals surface area contributed by atoms with E-state index in [-0.39, 0.29) is 10.5 Å². The molecular weight excluding hydrogens is 353 g/mol. The molecule has 3 rings (SSSR count). The predicted molar refractivity (Wildman–Crippen MR) is 87.5 cm³/mol. The highest BCUT2D eigenvalue weighted by molar-refractivity contribution is 7.89. The zero-order valence-electron chi connectivity index (χ0n) is 12.7. The van der Waals surface area contributed by atoms with Gasteiger partial charge in [0, 0.05) is 17.4 Å². The van der Waals surface area contributed by atoms with E-state index in [2.05, 4.69) is 0 Å². The number of nitrogens with zero attached hydrogens (tertiary/aromatic N) is 1. The molecule has 0 aliphatic heterocycles. The number of primary sulfonamides is 1. The van der Waals surface area contributed by atoms with Crippen molar-refractivity contribution >= 4 is 10.0 Å². The van der Waals surface area contributed by atoms with Crippen LogP contribution in [0.3, 0.4) is 0 Å². The van der Waals surface area contributed by atoms with E-state index in [1.807, 2.05) is 0 Å². The molecule has 0 aliphatic rings. The number of alkyl halides is 2. The van der Waals surface area contributed by atoms with E-state index in [0.29, 0.717) is 16.9 Å². The second-order valence-corrected chi connectivity index (χ2v) is 6.94. The monoisotopic (exact) mass is 366 g/mol. The first-order chi connectivity index (χ1) is 11.8. The average Bonchev–Trinajstić information content (AvgIpc) is 3.00. The molecule has 0 radical (unpaired) electrons. The number of benzene rings is 2. The van der Waals surface area contributed by atoms with Crippen molar-refractivity contribution in [3.63, 3.8) is 0 Å². The van der Waals surface area contributed by atoms with E-state index >= 15 is 0 Å². The molecule has 8 heteroatoms. The van der Waals surface area contributed by atoms with Crippen LogP contribution < -0.4 is 5.14 Å². The molecule has 2 N–H and O–H groups in total. The highest BCUT2D eigenvalue weighted by Gasteiger charge is 2.16. The lowest BCUT2D eigenvalue weighted by Crippen LogP contribution is -2.11. The Hall–Kier alpha value is -2.58. The summed E-state index contributed by atoms with van der Waals surface area (Å²) in [7, 11) is -3.85. The molecule has 1 heterocycles. The lowest BCUT2D eigenvalue weighted by molar-refractivity contribution is 0.151. The first-order valence-corrected chi connectivity index (χ1v) is 8.70. The third kappa shape index (κ3) is 3.59. The summed E-state index contributed by atoms with van der Waals surface area (Å²) in [4.78, 5) is -0.0785. The number of halogens is 3. The Bertz CT molecular complexity index is 995. The molecule has 2 aromatic carbocycles. The molecule has 0 saturated heterocycles. The lowest BCUT2D eigenvalue weighted by atomic mass is 10.1. The summed E-state index contributed by atoms with van der Waals surface area (Å²) >= 11 is 0. The minimum atomic E-state index is -3.85. The van der Waals surface area contributed by atoms with Crippen LogP contribution in [0, 0.1) is 5.82 Å². The Labute approximate surface area is 142 Å². The molecule has 0 unspecified atom stereocenters. The van der Waals surface area contributed by atoms with Gasteiger partial charge in [-0.1, -0.05) is 12.1 Å². The summed E-state index contributed by atoms with van der Waals surface area (Å²) in [5, 5.41) is 5.06. The fourth-order valence-electron chi connectivity index (χ4n) is 2.46. The number of rotatable bonds is 4. The van der Waals surface area contributed by atoms with Gasteiger partial charge in [-0.25, -0.2) is 26.7 Å². The molecule has 1 aromatic heterocycles. The van der Waals surface area contributed by atoms with Crippen molar-refractivity contribution in [1.29, 1.82) is 0 Å². The molecule has 130 valence electrons. The maximum atomic E-state index is 13.1. The van der Waals surface area contributed by atoms with E-state index in [9.17, 15) is 21.6 Å². The fourth-order valence-corrected chi connectivity index (χ4v) is 2.97. The van der Waals surface area contributed by atoms with Crippen molar-refractivity contribution < 1.29 is 21.6 Å². The van der Waals surface area contributed by atoms with Crippen LogP contribution in [0.25, 0.3) is 16.9 Å². The number of aromatic nitrogens is 1. The molecule has 4 nitrogen and oxygen atoms in total. The zero-order valence-corrected chi connectivity index (χ0v) is 13.6. The Morgan fingerprint density at radius 3 is 2.08 bits per heavy atom. The largest absolute Gasteiger partial charge is 0.316 e. The third-order valence-electron chi connectivity index (χ3n) is 3.68. The van der Waals surface area contributed by atoms with Crippen LogP contribution in [0.15, 0.2) is 65.7 Å². The van der Waals surface area contributed by atoms with E-state index in [4.69, 9.17) is 5.14 Å². The Kier molecular flexibility index (Phi) is 4.40. The smallest absolute Gasteiger partial charge is 0.265 e. The van der Waals surface area contributed by atoms with Gasteiger partial charge in [0.1, 0.15) is 5.82 Å². The van der Waals surface area contributed by atoms with Gasteiger partial charge in [0.25, 0.3) is 6.43 Å². The van der Waals surface area contributed by atoms with E-state index in [1.54, 1.807) is 0 Å². The Morgan fingerprint density at radius 2 is 1.56 bits per heavy atom. The van der Waals surface area contributed by atoms with Crippen LogP contribution in [0.5, 0.6) is 0 Å². The van der Waals surface area contributed by atoms with Gasteiger partial charge >= 0.3 is 0 Å². The number of sulfonamides is 1. The predicted octanol–water partition coefficient (Wildman–Crippen LogP) is 3.87.